The Hall–Kier alpha value is 1.06. The normalized spacial score (nSPS) is 12.5. The fourth-order valence-electron chi connectivity index (χ4n) is 1.09. The fourth-order valence-corrected chi connectivity index (χ4v) is 1.09. The average molecular weight is 267 g/mol. The molecule has 0 amide bonds. The minimum Gasteiger partial charge on any atom is -0.659 e. The largest absolute Gasteiger partial charge is 3.00 e. The van der Waals surface area contributed by atoms with E-state index in [1.165, 1.54) is 0 Å². The topological polar surface area (TPSA) is 14.1 Å². The van der Waals surface area contributed by atoms with Gasteiger partial charge in [-0.25, -0.2) is 0 Å². The van der Waals surface area contributed by atoms with Crippen molar-refractivity contribution in [3.63, 3.8) is 0 Å². The first kappa shape index (κ1) is 13.6. The molecular formula is C8H16NPr+2. The molecule has 0 aromatic rings. The zero-order valence-corrected chi connectivity index (χ0v) is 11.1. The number of hydrogen-bond donors (Lipinski definition) is 0. The molecule has 10 heavy (non-hydrogen) atoms. The van der Waals surface area contributed by atoms with Gasteiger partial charge in [-0.15, -0.1) is 12.6 Å². The molecule has 0 saturated carbocycles. The minimum absolute atomic E-state index is 0. The van der Waals surface area contributed by atoms with Gasteiger partial charge >= 0.3 is 41.3 Å². The molecule has 0 aliphatic heterocycles. The first-order chi connectivity index (χ1) is 4.09. The number of likely N-dealkylation sites (N-methyl/N-ethyl adjacent to an activating group) is 1. The van der Waals surface area contributed by atoms with Crippen LogP contribution in [0.1, 0.15) is 20.8 Å². The van der Waals surface area contributed by atoms with Crippen molar-refractivity contribution in [1.82, 2.24) is 0 Å². The molecule has 0 aliphatic rings. The van der Waals surface area contributed by atoms with Crippen molar-refractivity contribution >= 4 is 0 Å². The molecule has 0 N–H and O–H groups in total. The third kappa shape index (κ3) is 4.81. The smallest absolute Gasteiger partial charge is 0.659 e. The Morgan fingerprint density at radius 1 is 1.40 bits per heavy atom. The molecule has 0 aromatic heterocycles. The van der Waals surface area contributed by atoms with Gasteiger partial charge in [0.25, 0.3) is 0 Å². The monoisotopic (exact) mass is 267 g/mol. The van der Waals surface area contributed by atoms with Crippen LogP contribution in [0.15, 0.2) is 12.2 Å². The third-order valence-corrected chi connectivity index (χ3v) is 1.41. The summed E-state index contributed by atoms with van der Waals surface area (Å²) in [5.74, 6) is 0.590. The van der Waals surface area contributed by atoms with E-state index < -0.39 is 0 Å². The second kappa shape index (κ2) is 6.75. The van der Waals surface area contributed by atoms with Gasteiger partial charge in [-0.2, -0.15) is 7.05 Å². The van der Waals surface area contributed by atoms with Crippen molar-refractivity contribution in [3.05, 3.63) is 17.5 Å². The maximum absolute atomic E-state index is 4.19. The van der Waals surface area contributed by atoms with Crippen molar-refractivity contribution < 1.29 is 41.3 Å². The van der Waals surface area contributed by atoms with Crippen LogP contribution in [0, 0.1) is 47.2 Å². The van der Waals surface area contributed by atoms with Gasteiger partial charge in [0.05, 0.1) is 0 Å². The van der Waals surface area contributed by atoms with Gasteiger partial charge in [-0.05, 0) is 6.92 Å². The van der Waals surface area contributed by atoms with Crippen LogP contribution in [0.2, 0.25) is 0 Å². The quantitative estimate of drug-likeness (QED) is 0.698. The van der Waals surface area contributed by atoms with Crippen LogP contribution >= 0.6 is 0 Å². The summed E-state index contributed by atoms with van der Waals surface area (Å²) in [5, 5.41) is 4.19. The molecule has 0 saturated heterocycles. The van der Waals surface area contributed by atoms with Gasteiger partial charge in [0, 0.05) is 0 Å². The standard InChI is InChI=1S/C8H16N.Pr/c1-6(2)8(9-5)7(3)4;/h7-8H,1H2,2-5H3;/q-1;+3. The Balaban J connectivity index is 0. The summed E-state index contributed by atoms with van der Waals surface area (Å²) >= 11 is 0. The van der Waals surface area contributed by atoms with Crippen LogP contribution in [0.3, 0.4) is 0 Å². The van der Waals surface area contributed by atoms with E-state index in [-0.39, 0.29) is 41.3 Å². The minimum atomic E-state index is 0. The molecule has 0 fully saturated rings. The predicted molar refractivity (Wildman–Crippen MR) is 42.7 cm³/mol. The van der Waals surface area contributed by atoms with Crippen LogP contribution in [0.4, 0.5) is 0 Å². The molecule has 1 unspecified atom stereocenters. The van der Waals surface area contributed by atoms with Gasteiger partial charge < -0.3 is 5.32 Å². The summed E-state index contributed by atoms with van der Waals surface area (Å²) in [6.45, 7) is 10.2. The van der Waals surface area contributed by atoms with Gasteiger partial charge in [-0.3, -0.25) is 0 Å². The summed E-state index contributed by atoms with van der Waals surface area (Å²) in [4.78, 5) is 0. The molecule has 0 rings (SSSR count). The van der Waals surface area contributed by atoms with Crippen LogP contribution in [0.25, 0.3) is 5.32 Å². The maximum atomic E-state index is 4.19. The number of rotatable bonds is 3. The van der Waals surface area contributed by atoms with E-state index in [1.54, 1.807) is 0 Å². The van der Waals surface area contributed by atoms with Crippen molar-refractivity contribution in [1.29, 1.82) is 0 Å². The first-order valence-corrected chi connectivity index (χ1v) is 3.34. The Labute approximate surface area is 97.6 Å². The predicted octanol–water partition coefficient (Wildman–Crippen LogP) is 2.59. The van der Waals surface area contributed by atoms with E-state index in [0.717, 1.165) is 5.57 Å². The molecule has 0 aromatic carbocycles. The van der Waals surface area contributed by atoms with Crippen molar-refractivity contribution in [2.24, 2.45) is 5.92 Å². The average Bonchev–Trinajstić information content (AvgIpc) is 1.64. The van der Waals surface area contributed by atoms with E-state index >= 15 is 0 Å². The molecule has 1 atom stereocenters. The summed E-state index contributed by atoms with van der Waals surface area (Å²) in [6, 6.07) is 0.352. The summed E-state index contributed by atoms with van der Waals surface area (Å²) in [7, 11) is 1.85. The molecule has 0 heterocycles. The Kier molecular flexibility index (Phi) is 9.21. The van der Waals surface area contributed by atoms with E-state index in [0.29, 0.717) is 12.0 Å². The molecule has 0 bridgehead atoms. The van der Waals surface area contributed by atoms with Crippen molar-refractivity contribution in [2.45, 2.75) is 26.8 Å². The number of hydrogen-bond acceptors (Lipinski definition) is 0. The van der Waals surface area contributed by atoms with Crippen LogP contribution < -0.4 is 0 Å². The van der Waals surface area contributed by atoms with Crippen LogP contribution in [0.5, 0.6) is 0 Å². The molecule has 54 valence electrons. The summed E-state index contributed by atoms with van der Waals surface area (Å²) in [6.07, 6.45) is 0. The maximum Gasteiger partial charge on any atom is 3.00 e. The zero-order chi connectivity index (χ0) is 7.44. The van der Waals surface area contributed by atoms with Crippen LogP contribution in [-0.4, -0.2) is 13.1 Å². The SMILES string of the molecule is C=C(C)C([N-]C)C(C)C.[Pr+3]. The molecule has 0 spiro atoms. The first-order valence-electron chi connectivity index (χ1n) is 3.34. The third-order valence-electron chi connectivity index (χ3n) is 1.41. The molecule has 2 heteroatoms. The molecule has 0 aliphatic carbocycles. The number of nitrogens with zero attached hydrogens (tertiary/aromatic N) is 1. The van der Waals surface area contributed by atoms with Crippen molar-refractivity contribution in [3.8, 4) is 0 Å². The molecular weight excluding hydrogens is 251 g/mol. The Morgan fingerprint density at radius 3 is 1.80 bits per heavy atom. The second-order valence-electron chi connectivity index (χ2n) is 2.79. The summed E-state index contributed by atoms with van der Waals surface area (Å²) in [5.41, 5.74) is 1.16. The van der Waals surface area contributed by atoms with Gasteiger partial charge in [0.2, 0.25) is 0 Å². The second-order valence-corrected chi connectivity index (χ2v) is 2.79. The van der Waals surface area contributed by atoms with E-state index in [9.17, 15) is 0 Å². The molecule has 0 radical (unpaired) electrons. The van der Waals surface area contributed by atoms with Gasteiger partial charge in [0.15, 0.2) is 0 Å². The van der Waals surface area contributed by atoms with Gasteiger partial charge in [-0.1, -0.05) is 25.3 Å². The summed E-state index contributed by atoms with van der Waals surface area (Å²) < 4.78 is 0. The fraction of sp³-hybridized carbons (Fsp3) is 0.750. The zero-order valence-electron chi connectivity index (χ0n) is 7.39. The van der Waals surface area contributed by atoms with E-state index in [2.05, 4.69) is 25.7 Å². The van der Waals surface area contributed by atoms with Gasteiger partial charge in [0.1, 0.15) is 0 Å². The van der Waals surface area contributed by atoms with E-state index in [4.69, 9.17) is 0 Å². The Bertz CT molecular complexity index is 99.4. The van der Waals surface area contributed by atoms with E-state index in [1.807, 2.05) is 14.0 Å². The van der Waals surface area contributed by atoms with Crippen molar-refractivity contribution in [2.75, 3.05) is 7.05 Å². The Morgan fingerprint density at radius 2 is 1.80 bits per heavy atom. The molecule has 1 nitrogen and oxygen atoms in total. The van der Waals surface area contributed by atoms with Crippen LogP contribution in [-0.2, 0) is 0 Å².